The zero-order valence-corrected chi connectivity index (χ0v) is 9.27. The van der Waals surface area contributed by atoms with Crippen molar-refractivity contribution in [2.75, 3.05) is 39.8 Å². The van der Waals surface area contributed by atoms with Crippen LogP contribution in [0.25, 0.3) is 0 Å². The van der Waals surface area contributed by atoms with Gasteiger partial charge in [0, 0.05) is 26.7 Å². The van der Waals surface area contributed by atoms with E-state index < -0.39 is 0 Å². The normalized spacial score (nSPS) is 28.3. The molecular formula is C10H17N3O2. The van der Waals surface area contributed by atoms with Gasteiger partial charge in [0.25, 0.3) is 0 Å². The average Bonchev–Trinajstić information content (AvgIpc) is 2.25. The lowest BCUT2D eigenvalue weighted by Crippen LogP contribution is -2.66. The van der Waals surface area contributed by atoms with E-state index in [2.05, 4.69) is 11.8 Å². The largest absolute Gasteiger partial charge is 0.335 e. The number of amides is 2. The van der Waals surface area contributed by atoms with Gasteiger partial charge in [0.05, 0.1) is 6.54 Å². The minimum atomic E-state index is -0.245. The molecule has 0 aliphatic carbocycles. The Morgan fingerprint density at radius 2 is 2.07 bits per heavy atom. The van der Waals surface area contributed by atoms with Gasteiger partial charge in [-0.3, -0.25) is 14.5 Å². The molecule has 0 saturated carbocycles. The molecule has 1 unspecified atom stereocenters. The first-order valence-corrected chi connectivity index (χ1v) is 5.40. The molecule has 2 saturated heterocycles. The second-order valence-electron chi connectivity index (χ2n) is 4.19. The topological polar surface area (TPSA) is 43.9 Å². The van der Waals surface area contributed by atoms with Crippen LogP contribution in [0, 0.1) is 0 Å². The minimum absolute atomic E-state index is 0.0766. The second kappa shape index (κ2) is 3.81. The van der Waals surface area contributed by atoms with E-state index in [1.54, 1.807) is 11.9 Å². The van der Waals surface area contributed by atoms with Crippen LogP contribution in [0.1, 0.15) is 6.92 Å². The molecular weight excluding hydrogens is 194 g/mol. The van der Waals surface area contributed by atoms with Gasteiger partial charge in [-0.15, -0.1) is 0 Å². The third-order valence-corrected chi connectivity index (χ3v) is 3.27. The molecule has 5 heteroatoms. The van der Waals surface area contributed by atoms with E-state index in [1.807, 2.05) is 0 Å². The van der Waals surface area contributed by atoms with Crippen LogP contribution >= 0.6 is 0 Å². The number of hydrogen-bond donors (Lipinski definition) is 0. The molecule has 2 aliphatic heterocycles. The number of nitrogens with zero attached hydrogens (tertiary/aromatic N) is 3. The molecule has 2 fully saturated rings. The molecule has 0 N–H and O–H groups in total. The van der Waals surface area contributed by atoms with Gasteiger partial charge >= 0.3 is 0 Å². The molecule has 0 bridgehead atoms. The van der Waals surface area contributed by atoms with Crippen LogP contribution in [-0.4, -0.2) is 72.3 Å². The summed E-state index contributed by atoms with van der Waals surface area (Å²) < 4.78 is 0. The first-order chi connectivity index (χ1) is 7.13. The number of carbonyl (C=O) groups excluding carboxylic acids is 2. The Balaban J connectivity index is 2.15. The predicted molar refractivity (Wildman–Crippen MR) is 55.3 cm³/mol. The Hall–Kier alpha value is -1.10. The first kappa shape index (κ1) is 10.4. The summed E-state index contributed by atoms with van der Waals surface area (Å²) in [6.07, 6.45) is 0. The van der Waals surface area contributed by atoms with Crippen LogP contribution in [0.3, 0.4) is 0 Å². The Morgan fingerprint density at radius 3 is 2.73 bits per heavy atom. The summed E-state index contributed by atoms with van der Waals surface area (Å²) in [4.78, 5) is 29.0. The third-order valence-electron chi connectivity index (χ3n) is 3.27. The zero-order valence-electron chi connectivity index (χ0n) is 9.27. The van der Waals surface area contributed by atoms with Crippen molar-refractivity contribution in [1.29, 1.82) is 0 Å². The van der Waals surface area contributed by atoms with Gasteiger partial charge in [0.15, 0.2) is 0 Å². The number of piperazine rings is 2. The molecule has 2 heterocycles. The van der Waals surface area contributed by atoms with Crippen LogP contribution in [0.4, 0.5) is 0 Å². The van der Waals surface area contributed by atoms with E-state index in [4.69, 9.17) is 0 Å². The highest BCUT2D eigenvalue weighted by molar-refractivity contribution is 5.95. The third kappa shape index (κ3) is 1.71. The maximum atomic E-state index is 11.9. The van der Waals surface area contributed by atoms with Gasteiger partial charge in [0.2, 0.25) is 11.8 Å². The molecule has 2 amide bonds. The highest BCUT2D eigenvalue weighted by Crippen LogP contribution is 2.16. The molecule has 0 aromatic heterocycles. The Labute approximate surface area is 89.6 Å². The lowest BCUT2D eigenvalue weighted by atomic mass is 10.1. The van der Waals surface area contributed by atoms with Crippen LogP contribution < -0.4 is 0 Å². The fourth-order valence-corrected chi connectivity index (χ4v) is 2.26. The van der Waals surface area contributed by atoms with Gasteiger partial charge in [-0.1, -0.05) is 6.92 Å². The number of hydrogen-bond acceptors (Lipinski definition) is 3. The van der Waals surface area contributed by atoms with Gasteiger partial charge in [0.1, 0.15) is 6.04 Å². The minimum Gasteiger partial charge on any atom is -0.335 e. The molecule has 2 rings (SSSR count). The average molecular weight is 211 g/mol. The zero-order chi connectivity index (χ0) is 11.0. The Bertz CT molecular complexity index is 292. The Kier molecular flexibility index (Phi) is 2.65. The quantitative estimate of drug-likeness (QED) is 0.558. The van der Waals surface area contributed by atoms with E-state index >= 15 is 0 Å². The van der Waals surface area contributed by atoms with Crippen molar-refractivity contribution in [1.82, 2.24) is 14.7 Å². The maximum absolute atomic E-state index is 11.9. The number of carbonyl (C=O) groups is 2. The van der Waals surface area contributed by atoms with Crippen molar-refractivity contribution in [3.8, 4) is 0 Å². The SMILES string of the molecule is CCN1CCN2C(=O)CN(C)C(=O)C2C1. The van der Waals surface area contributed by atoms with Crippen molar-refractivity contribution in [2.45, 2.75) is 13.0 Å². The summed E-state index contributed by atoms with van der Waals surface area (Å²) in [6.45, 7) is 5.52. The molecule has 1 atom stereocenters. The van der Waals surface area contributed by atoms with Crippen LogP contribution in [0.2, 0.25) is 0 Å². The summed E-state index contributed by atoms with van der Waals surface area (Å²) in [6, 6.07) is -0.245. The van der Waals surface area contributed by atoms with E-state index in [0.717, 1.165) is 13.1 Å². The molecule has 0 aromatic carbocycles. The molecule has 0 aromatic rings. The molecule has 0 spiro atoms. The summed E-state index contributed by atoms with van der Waals surface area (Å²) in [7, 11) is 1.70. The molecule has 15 heavy (non-hydrogen) atoms. The van der Waals surface area contributed by atoms with Gasteiger partial charge in [-0.2, -0.15) is 0 Å². The standard InChI is InChI=1S/C10H17N3O2/c1-3-12-4-5-13-8(6-12)10(15)11(2)7-9(13)14/h8H,3-7H2,1-2H3. The number of rotatable bonds is 1. The van der Waals surface area contributed by atoms with Crippen LogP contribution in [-0.2, 0) is 9.59 Å². The highest BCUT2D eigenvalue weighted by Gasteiger charge is 2.40. The monoisotopic (exact) mass is 211 g/mol. The van der Waals surface area contributed by atoms with Crippen LogP contribution in [0.5, 0.6) is 0 Å². The smallest absolute Gasteiger partial charge is 0.246 e. The predicted octanol–water partition coefficient (Wildman–Crippen LogP) is -1.01. The fourth-order valence-electron chi connectivity index (χ4n) is 2.26. The molecule has 0 radical (unpaired) electrons. The van der Waals surface area contributed by atoms with Crippen molar-refractivity contribution in [2.24, 2.45) is 0 Å². The van der Waals surface area contributed by atoms with Gasteiger partial charge in [-0.05, 0) is 6.54 Å². The lowest BCUT2D eigenvalue weighted by molar-refractivity contribution is -0.158. The highest BCUT2D eigenvalue weighted by atomic mass is 16.2. The Morgan fingerprint density at radius 1 is 1.33 bits per heavy atom. The summed E-state index contributed by atoms with van der Waals surface area (Å²) in [5.41, 5.74) is 0. The molecule has 2 aliphatic rings. The van der Waals surface area contributed by atoms with Crippen molar-refractivity contribution in [3.05, 3.63) is 0 Å². The molecule has 84 valence electrons. The van der Waals surface area contributed by atoms with Crippen LogP contribution in [0.15, 0.2) is 0 Å². The summed E-state index contributed by atoms with van der Waals surface area (Å²) >= 11 is 0. The number of likely N-dealkylation sites (N-methyl/N-ethyl adjacent to an activating group) is 2. The van der Waals surface area contributed by atoms with E-state index in [1.165, 1.54) is 4.90 Å². The fraction of sp³-hybridized carbons (Fsp3) is 0.800. The lowest BCUT2D eigenvalue weighted by Gasteiger charge is -2.45. The van der Waals surface area contributed by atoms with Gasteiger partial charge < -0.3 is 9.80 Å². The van der Waals surface area contributed by atoms with Crippen molar-refractivity contribution < 1.29 is 9.59 Å². The van der Waals surface area contributed by atoms with Crippen molar-refractivity contribution in [3.63, 3.8) is 0 Å². The van der Waals surface area contributed by atoms with E-state index in [9.17, 15) is 9.59 Å². The van der Waals surface area contributed by atoms with E-state index in [-0.39, 0.29) is 24.4 Å². The summed E-state index contributed by atoms with van der Waals surface area (Å²) in [5, 5.41) is 0. The van der Waals surface area contributed by atoms with Crippen molar-refractivity contribution >= 4 is 11.8 Å². The van der Waals surface area contributed by atoms with Gasteiger partial charge in [-0.25, -0.2) is 0 Å². The second-order valence-corrected chi connectivity index (χ2v) is 4.19. The summed E-state index contributed by atoms with van der Waals surface area (Å²) in [5.74, 6) is 0.158. The maximum Gasteiger partial charge on any atom is 0.246 e. The first-order valence-electron chi connectivity index (χ1n) is 5.40. The van der Waals surface area contributed by atoms with E-state index in [0.29, 0.717) is 13.1 Å². The number of fused-ring (bicyclic) bond motifs is 1. The molecule has 5 nitrogen and oxygen atoms in total.